The van der Waals surface area contributed by atoms with Crippen molar-refractivity contribution < 1.29 is 9.47 Å². The molecular formula is C30H27BrN2O2. The first-order valence-electron chi connectivity index (χ1n) is 11.9. The van der Waals surface area contributed by atoms with Gasteiger partial charge in [-0.15, -0.1) is 6.42 Å². The van der Waals surface area contributed by atoms with Crippen LogP contribution < -0.4 is 14.8 Å². The molecule has 1 N–H and O–H groups in total. The lowest BCUT2D eigenvalue weighted by Gasteiger charge is -2.37. The van der Waals surface area contributed by atoms with Crippen molar-refractivity contribution in [3.8, 4) is 23.8 Å². The van der Waals surface area contributed by atoms with Crippen molar-refractivity contribution in [1.29, 1.82) is 0 Å². The molecule has 176 valence electrons. The second-order valence-electron chi connectivity index (χ2n) is 8.67. The van der Waals surface area contributed by atoms with Gasteiger partial charge in [0, 0.05) is 17.8 Å². The van der Waals surface area contributed by atoms with Crippen molar-refractivity contribution in [1.82, 2.24) is 0 Å². The highest BCUT2D eigenvalue weighted by molar-refractivity contribution is 9.10. The number of halogens is 1. The van der Waals surface area contributed by atoms with Gasteiger partial charge < -0.3 is 14.8 Å². The van der Waals surface area contributed by atoms with Gasteiger partial charge >= 0.3 is 0 Å². The van der Waals surface area contributed by atoms with Crippen molar-refractivity contribution in [2.24, 2.45) is 10.9 Å². The molecule has 5 rings (SSSR count). The molecule has 0 saturated carbocycles. The van der Waals surface area contributed by atoms with Crippen LogP contribution in [0.25, 0.3) is 0 Å². The largest absolute Gasteiger partial charge is 0.490 e. The number of rotatable bonds is 7. The Morgan fingerprint density at radius 2 is 1.97 bits per heavy atom. The van der Waals surface area contributed by atoms with Crippen LogP contribution in [-0.2, 0) is 0 Å². The molecule has 1 aliphatic heterocycles. The van der Waals surface area contributed by atoms with Gasteiger partial charge in [-0.25, -0.2) is 0 Å². The summed E-state index contributed by atoms with van der Waals surface area (Å²) in [5.74, 6) is 4.73. The van der Waals surface area contributed by atoms with E-state index in [0.29, 0.717) is 29.9 Å². The fraction of sp³-hybridized carbons (Fsp3) is 0.233. The van der Waals surface area contributed by atoms with E-state index < -0.39 is 0 Å². The van der Waals surface area contributed by atoms with E-state index >= 15 is 0 Å². The number of para-hydroxylation sites is 1. The molecule has 2 aliphatic rings. The maximum absolute atomic E-state index is 5.75. The number of nitrogens with zero attached hydrogens (tertiary/aromatic N) is 1. The minimum Gasteiger partial charge on any atom is -0.490 e. The van der Waals surface area contributed by atoms with E-state index in [9.17, 15) is 0 Å². The first kappa shape index (κ1) is 23.3. The van der Waals surface area contributed by atoms with E-state index in [1.165, 1.54) is 16.8 Å². The fourth-order valence-corrected chi connectivity index (χ4v) is 5.54. The minimum absolute atomic E-state index is 0.178. The molecule has 35 heavy (non-hydrogen) atoms. The van der Waals surface area contributed by atoms with Gasteiger partial charge in [0.2, 0.25) is 0 Å². The summed E-state index contributed by atoms with van der Waals surface area (Å²) in [6, 6.07) is 21.3. The lowest BCUT2D eigenvalue weighted by Crippen LogP contribution is -2.28. The van der Waals surface area contributed by atoms with E-state index in [0.717, 1.165) is 22.1 Å². The molecule has 3 aromatic rings. The summed E-state index contributed by atoms with van der Waals surface area (Å²) in [4.78, 5) is 4.69. The maximum Gasteiger partial charge on any atom is 0.176 e. The summed E-state index contributed by atoms with van der Waals surface area (Å²) in [7, 11) is 0. The quantitative estimate of drug-likeness (QED) is 0.197. The van der Waals surface area contributed by atoms with Gasteiger partial charge in [-0.2, -0.15) is 0 Å². The Balaban J connectivity index is 1.35. The van der Waals surface area contributed by atoms with Gasteiger partial charge in [0.25, 0.3) is 0 Å². The van der Waals surface area contributed by atoms with Gasteiger partial charge in [0.1, 0.15) is 6.61 Å². The standard InChI is InChI=1S/C30H27BrN2O2/c1-3-16-35-30-26(31)17-20(18-28(30)34-4-2)19-32-22-14-12-21(13-15-22)29-25-10-7-9-23(25)24-8-5-6-11-27(24)33-29/h1,5-9,11-15,17-19,23,25,29,33H,4,10,16H2,2H3/t23-,25+,29+/m1/s1. The molecule has 0 aromatic heterocycles. The number of hydrogen-bond acceptors (Lipinski definition) is 4. The molecule has 4 nitrogen and oxygen atoms in total. The average Bonchev–Trinajstić information content (AvgIpc) is 3.38. The number of benzene rings is 3. The predicted molar refractivity (Wildman–Crippen MR) is 146 cm³/mol. The molecule has 5 heteroatoms. The summed E-state index contributed by atoms with van der Waals surface area (Å²) in [5, 5.41) is 3.78. The van der Waals surface area contributed by atoms with Crippen molar-refractivity contribution in [2.75, 3.05) is 18.5 Å². The normalized spacial score (nSPS) is 20.1. The summed E-state index contributed by atoms with van der Waals surface area (Å²) in [6.45, 7) is 2.64. The number of aliphatic imine (C=N–C) groups is 1. The van der Waals surface area contributed by atoms with E-state index in [1.807, 2.05) is 25.3 Å². The van der Waals surface area contributed by atoms with E-state index in [-0.39, 0.29) is 12.6 Å². The van der Waals surface area contributed by atoms with Crippen LogP contribution in [0.2, 0.25) is 0 Å². The van der Waals surface area contributed by atoms with Crippen LogP contribution in [0, 0.1) is 18.3 Å². The van der Waals surface area contributed by atoms with Crippen LogP contribution >= 0.6 is 15.9 Å². The zero-order valence-corrected chi connectivity index (χ0v) is 21.2. The number of ether oxygens (including phenoxy) is 2. The Morgan fingerprint density at radius 1 is 1.14 bits per heavy atom. The molecule has 1 aliphatic carbocycles. The van der Waals surface area contributed by atoms with Crippen molar-refractivity contribution in [3.05, 3.63) is 94.0 Å². The Labute approximate surface area is 215 Å². The van der Waals surface area contributed by atoms with Crippen molar-refractivity contribution >= 4 is 33.5 Å². The third-order valence-electron chi connectivity index (χ3n) is 6.52. The van der Waals surface area contributed by atoms with Crippen molar-refractivity contribution in [3.63, 3.8) is 0 Å². The molecule has 0 radical (unpaired) electrons. The molecular weight excluding hydrogens is 500 g/mol. The van der Waals surface area contributed by atoms with Gasteiger partial charge in [-0.3, -0.25) is 4.99 Å². The molecule has 1 heterocycles. The predicted octanol–water partition coefficient (Wildman–Crippen LogP) is 7.44. The first-order valence-corrected chi connectivity index (χ1v) is 12.7. The van der Waals surface area contributed by atoms with Crippen molar-refractivity contribution in [2.45, 2.75) is 25.3 Å². The molecule has 0 fully saturated rings. The van der Waals surface area contributed by atoms with Crippen LogP contribution in [-0.4, -0.2) is 19.4 Å². The van der Waals surface area contributed by atoms with Crippen LogP contribution in [0.15, 0.2) is 82.3 Å². The van der Waals surface area contributed by atoms with Gasteiger partial charge in [0.05, 0.1) is 22.8 Å². The minimum atomic E-state index is 0.178. The second-order valence-corrected chi connectivity index (χ2v) is 9.52. The highest BCUT2D eigenvalue weighted by Crippen LogP contribution is 2.49. The monoisotopic (exact) mass is 526 g/mol. The molecule has 0 amide bonds. The molecule has 3 atom stereocenters. The number of allylic oxidation sites excluding steroid dienone is 2. The smallest absolute Gasteiger partial charge is 0.176 e. The number of fused-ring (bicyclic) bond motifs is 3. The number of terminal acetylenes is 1. The van der Waals surface area contributed by atoms with Crippen LogP contribution in [0.1, 0.15) is 42.0 Å². The van der Waals surface area contributed by atoms with Gasteiger partial charge in [0.15, 0.2) is 11.5 Å². The Kier molecular flexibility index (Phi) is 6.92. The molecule has 0 unspecified atom stereocenters. The number of anilines is 1. The molecule has 3 aromatic carbocycles. The second kappa shape index (κ2) is 10.4. The Bertz CT molecular complexity index is 1310. The highest BCUT2D eigenvalue weighted by Gasteiger charge is 2.37. The van der Waals surface area contributed by atoms with E-state index in [2.05, 4.69) is 87.9 Å². The Morgan fingerprint density at radius 3 is 2.77 bits per heavy atom. The maximum atomic E-state index is 5.75. The zero-order valence-electron chi connectivity index (χ0n) is 19.6. The number of hydrogen-bond donors (Lipinski definition) is 1. The lowest BCUT2D eigenvalue weighted by atomic mass is 9.77. The van der Waals surface area contributed by atoms with E-state index in [1.54, 1.807) is 0 Å². The molecule has 0 bridgehead atoms. The summed E-state index contributed by atoms with van der Waals surface area (Å²) in [5.41, 5.74) is 5.72. The van der Waals surface area contributed by atoms with Gasteiger partial charge in [-0.1, -0.05) is 48.4 Å². The first-order chi connectivity index (χ1) is 17.2. The highest BCUT2D eigenvalue weighted by atomic mass is 79.9. The summed E-state index contributed by atoms with van der Waals surface area (Å²) < 4.78 is 12.2. The number of nitrogens with one attached hydrogen (secondary N) is 1. The average molecular weight is 527 g/mol. The summed E-state index contributed by atoms with van der Waals surface area (Å²) >= 11 is 3.56. The van der Waals surface area contributed by atoms with E-state index in [4.69, 9.17) is 20.9 Å². The lowest BCUT2D eigenvalue weighted by molar-refractivity contribution is 0.298. The SMILES string of the molecule is C#CCOc1c(Br)cc(C=Nc2ccc([C@@H]3Nc4ccccc4[C@H]4C=CC[C@@H]43)cc2)cc1OCC. The van der Waals surface area contributed by atoms with Gasteiger partial charge in [-0.05, 0) is 82.2 Å². The zero-order chi connectivity index (χ0) is 24.2. The summed E-state index contributed by atoms with van der Waals surface area (Å²) in [6.07, 6.45) is 13.0. The third kappa shape index (κ3) is 4.85. The third-order valence-corrected chi connectivity index (χ3v) is 7.11. The van der Waals surface area contributed by atoms with Crippen LogP contribution in [0.3, 0.4) is 0 Å². The topological polar surface area (TPSA) is 42.8 Å². The Hall–Kier alpha value is -3.49. The van der Waals surface area contributed by atoms with Crippen LogP contribution in [0.5, 0.6) is 11.5 Å². The van der Waals surface area contributed by atoms with Crippen LogP contribution in [0.4, 0.5) is 11.4 Å². The molecule has 0 spiro atoms. The fourth-order valence-electron chi connectivity index (χ4n) is 4.97. The molecule has 0 saturated heterocycles.